The summed E-state index contributed by atoms with van der Waals surface area (Å²) in [5.41, 5.74) is 2.63. The normalized spacial score (nSPS) is 18.0. The Morgan fingerprint density at radius 3 is 2.46 bits per heavy atom. The molecule has 4 rings (SSSR count). The second-order valence-electron chi connectivity index (χ2n) is 6.37. The van der Waals surface area contributed by atoms with Crippen molar-refractivity contribution in [2.24, 2.45) is 0 Å². The number of hydrogen-bond acceptors (Lipinski definition) is 3. The van der Waals surface area contributed by atoms with E-state index in [0.717, 1.165) is 48.0 Å². The number of likely N-dealkylation sites (tertiary alicyclic amines) is 1. The van der Waals surface area contributed by atoms with Crippen LogP contribution in [0.5, 0.6) is 0 Å². The Morgan fingerprint density at radius 1 is 0.958 bits per heavy atom. The molecule has 1 saturated heterocycles. The lowest BCUT2D eigenvalue weighted by Crippen LogP contribution is -2.28. The molecule has 0 saturated carbocycles. The molecule has 0 amide bonds. The fraction of sp³-hybridized carbons (Fsp3) is 0.238. The van der Waals surface area contributed by atoms with Gasteiger partial charge >= 0.3 is 0 Å². The highest BCUT2D eigenvalue weighted by Crippen LogP contribution is 2.33. The van der Waals surface area contributed by atoms with E-state index in [4.69, 9.17) is 0 Å². The highest BCUT2D eigenvalue weighted by atomic mass is 16.1. The molecule has 0 aromatic heterocycles. The molecule has 24 heavy (non-hydrogen) atoms. The molecule has 0 atom stereocenters. The maximum Gasteiger partial charge on any atom is 0.206 e. The van der Waals surface area contributed by atoms with Crippen LogP contribution in [0.3, 0.4) is 0 Å². The summed E-state index contributed by atoms with van der Waals surface area (Å²) in [6.45, 7) is 1.85. The number of carbonyl (C=O) groups excluding carboxylic acids is 1. The van der Waals surface area contributed by atoms with Gasteiger partial charge in [0.15, 0.2) is 0 Å². The molecule has 0 N–H and O–H groups in total. The quantitative estimate of drug-likeness (QED) is 0.839. The van der Waals surface area contributed by atoms with Crippen LogP contribution in [0.15, 0.2) is 59.8 Å². The van der Waals surface area contributed by atoms with E-state index in [-0.39, 0.29) is 5.78 Å². The molecule has 1 heterocycles. The van der Waals surface area contributed by atoms with Gasteiger partial charge in [0.2, 0.25) is 5.78 Å². The van der Waals surface area contributed by atoms with E-state index in [1.807, 2.05) is 42.5 Å². The van der Waals surface area contributed by atoms with E-state index in [2.05, 4.69) is 17.0 Å². The number of ketones is 1. The van der Waals surface area contributed by atoms with E-state index < -0.39 is 0 Å². The third-order valence-electron chi connectivity index (χ3n) is 4.88. The number of carbonyl (C=O) groups is 1. The minimum atomic E-state index is -0.145. The van der Waals surface area contributed by atoms with Gasteiger partial charge in [0.25, 0.3) is 0 Å². The van der Waals surface area contributed by atoms with Crippen molar-refractivity contribution in [2.45, 2.75) is 19.3 Å². The lowest BCUT2D eigenvalue weighted by atomic mass is 9.99. The van der Waals surface area contributed by atoms with E-state index in [1.54, 1.807) is 0 Å². The summed E-state index contributed by atoms with van der Waals surface area (Å²) in [5.74, 6) is -0.145. The van der Waals surface area contributed by atoms with Crippen LogP contribution >= 0.6 is 0 Å². The van der Waals surface area contributed by atoms with Crippen LogP contribution in [0.1, 0.15) is 24.8 Å². The average molecular weight is 314 g/mol. The van der Waals surface area contributed by atoms with Gasteiger partial charge in [0, 0.05) is 18.7 Å². The molecular weight excluding hydrogens is 296 g/mol. The summed E-state index contributed by atoms with van der Waals surface area (Å²) in [4.78, 5) is 14.9. The monoisotopic (exact) mass is 314 g/mol. The summed E-state index contributed by atoms with van der Waals surface area (Å²) in [6.07, 6.45) is 5.38. The predicted octanol–water partition coefficient (Wildman–Crippen LogP) is 4.07. The topological polar surface area (TPSA) is 44.1 Å². The number of benzene rings is 2. The number of nitrogens with zero attached hydrogens (tertiary/aromatic N) is 2. The van der Waals surface area contributed by atoms with Crippen molar-refractivity contribution in [2.75, 3.05) is 13.1 Å². The number of piperidine rings is 1. The molecule has 2 aromatic carbocycles. The van der Waals surface area contributed by atoms with E-state index >= 15 is 0 Å². The molecule has 0 spiro atoms. The first-order valence-electron chi connectivity index (χ1n) is 8.43. The highest BCUT2D eigenvalue weighted by molar-refractivity contribution is 6.33. The summed E-state index contributed by atoms with van der Waals surface area (Å²) in [5, 5.41) is 11.7. The molecule has 2 aromatic rings. The smallest absolute Gasteiger partial charge is 0.206 e. The average Bonchev–Trinajstić information content (AvgIpc) is 2.98. The summed E-state index contributed by atoms with van der Waals surface area (Å²) >= 11 is 0. The Balaban J connectivity index is 1.75. The second kappa shape index (κ2) is 5.98. The summed E-state index contributed by atoms with van der Waals surface area (Å²) < 4.78 is 0. The first-order chi connectivity index (χ1) is 11.8. The van der Waals surface area contributed by atoms with Crippen LogP contribution in [0.2, 0.25) is 0 Å². The molecule has 1 fully saturated rings. The largest absolute Gasteiger partial charge is 0.370 e. The van der Waals surface area contributed by atoms with Crippen LogP contribution in [-0.4, -0.2) is 23.8 Å². The third-order valence-corrected chi connectivity index (χ3v) is 4.88. The van der Waals surface area contributed by atoms with Gasteiger partial charge < -0.3 is 4.90 Å². The van der Waals surface area contributed by atoms with Gasteiger partial charge in [-0.3, -0.25) is 4.79 Å². The van der Waals surface area contributed by atoms with Crippen molar-refractivity contribution in [1.82, 2.24) is 4.90 Å². The van der Waals surface area contributed by atoms with Crippen LogP contribution in [0, 0.1) is 11.3 Å². The number of allylic oxidation sites excluding steroid dienone is 3. The number of rotatable bonds is 2. The SMILES string of the molecule is N#CC1=C(N2CCCCC2)C=C(c2ccc3ccccc3c2)C1=O. The van der Waals surface area contributed by atoms with Crippen molar-refractivity contribution < 1.29 is 4.79 Å². The molecule has 1 aliphatic heterocycles. The number of Topliss-reactive ketones (excluding diaryl/α,β-unsaturated/α-hetero) is 1. The number of nitriles is 1. The molecule has 0 unspecified atom stereocenters. The molecule has 3 nitrogen and oxygen atoms in total. The lowest BCUT2D eigenvalue weighted by molar-refractivity contribution is -0.110. The summed E-state index contributed by atoms with van der Waals surface area (Å²) in [6, 6.07) is 16.3. The fourth-order valence-corrected chi connectivity index (χ4v) is 3.59. The van der Waals surface area contributed by atoms with Gasteiger partial charge in [-0.25, -0.2) is 0 Å². The number of hydrogen-bond donors (Lipinski definition) is 0. The Hall–Kier alpha value is -2.86. The van der Waals surface area contributed by atoms with Crippen LogP contribution in [0.25, 0.3) is 16.3 Å². The van der Waals surface area contributed by atoms with Gasteiger partial charge in [0.1, 0.15) is 11.6 Å². The Kier molecular flexibility index (Phi) is 3.66. The van der Waals surface area contributed by atoms with E-state index in [0.29, 0.717) is 11.1 Å². The highest BCUT2D eigenvalue weighted by Gasteiger charge is 2.30. The van der Waals surface area contributed by atoms with Crippen molar-refractivity contribution in [3.63, 3.8) is 0 Å². The third kappa shape index (κ3) is 2.41. The Morgan fingerprint density at radius 2 is 1.71 bits per heavy atom. The van der Waals surface area contributed by atoms with Crippen molar-refractivity contribution >= 4 is 22.1 Å². The molecule has 0 bridgehead atoms. The lowest BCUT2D eigenvalue weighted by Gasteiger charge is -2.29. The van der Waals surface area contributed by atoms with Gasteiger partial charge in [-0.1, -0.05) is 36.4 Å². The molecular formula is C21H18N2O. The van der Waals surface area contributed by atoms with Crippen molar-refractivity contribution in [1.29, 1.82) is 5.26 Å². The predicted molar refractivity (Wildman–Crippen MR) is 95.0 cm³/mol. The molecule has 3 heteroatoms. The zero-order valence-electron chi connectivity index (χ0n) is 13.5. The van der Waals surface area contributed by atoms with Crippen LogP contribution < -0.4 is 0 Å². The van der Waals surface area contributed by atoms with Gasteiger partial charge in [-0.2, -0.15) is 5.26 Å². The van der Waals surface area contributed by atoms with Crippen molar-refractivity contribution in [3.8, 4) is 6.07 Å². The minimum Gasteiger partial charge on any atom is -0.370 e. The number of fused-ring (bicyclic) bond motifs is 1. The first-order valence-corrected chi connectivity index (χ1v) is 8.43. The van der Waals surface area contributed by atoms with Crippen LogP contribution in [0.4, 0.5) is 0 Å². The van der Waals surface area contributed by atoms with Crippen LogP contribution in [-0.2, 0) is 4.79 Å². The summed E-state index contributed by atoms with van der Waals surface area (Å²) in [7, 11) is 0. The zero-order chi connectivity index (χ0) is 16.5. The zero-order valence-corrected chi connectivity index (χ0v) is 13.5. The first kappa shape index (κ1) is 14.7. The second-order valence-corrected chi connectivity index (χ2v) is 6.37. The maximum absolute atomic E-state index is 12.8. The standard InChI is InChI=1S/C21H18N2O/c22-14-19-20(23-10-4-1-5-11-23)13-18(21(19)24)17-9-8-15-6-2-3-7-16(15)12-17/h2-3,6-9,12-13H,1,4-5,10-11H2. The van der Waals surface area contributed by atoms with Gasteiger partial charge in [-0.05, 0) is 47.7 Å². The van der Waals surface area contributed by atoms with E-state index in [9.17, 15) is 10.1 Å². The van der Waals surface area contributed by atoms with E-state index in [1.165, 1.54) is 6.42 Å². The molecule has 1 aliphatic carbocycles. The Labute approximate surface area is 141 Å². The molecule has 0 radical (unpaired) electrons. The minimum absolute atomic E-state index is 0.145. The van der Waals surface area contributed by atoms with Gasteiger partial charge in [0.05, 0.1) is 5.70 Å². The van der Waals surface area contributed by atoms with Gasteiger partial charge in [-0.15, -0.1) is 0 Å². The molecule has 2 aliphatic rings. The molecule has 118 valence electrons. The fourth-order valence-electron chi connectivity index (χ4n) is 3.59. The Bertz CT molecular complexity index is 924. The van der Waals surface area contributed by atoms with Crippen molar-refractivity contribution in [3.05, 3.63) is 65.4 Å². The maximum atomic E-state index is 12.8.